The van der Waals surface area contributed by atoms with Gasteiger partial charge >= 0.3 is 5.97 Å². The van der Waals surface area contributed by atoms with Gasteiger partial charge in [-0.2, -0.15) is 0 Å². The molecule has 7 rings (SSSR count). The first-order valence-electron chi connectivity index (χ1n) is 9.85. The predicted octanol–water partition coefficient (Wildman–Crippen LogP) is 3.94. The third-order valence-corrected chi connectivity index (χ3v) is 6.18. The summed E-state index contributed by atoms with van der Waals surface area (Å²) >= 11 is 0. The molecule has 0 saturated carbocycles. The first-order chi connectivity index (χ1) is 15.2. The number of hydrogen-bond acceptors (Lipinski definition) is 6. The Morgan fingerprint density at radius 2 is 1.75 bits per heavy atom. The Morgan fingerprint density at radius 1 is 0.938 bits per heavy atom. The molecule has 6 nitrogen and oxygen atoms in total. The fourth-order valence-electron chi connectivity index (χ4n) is 4.91. The fourth-order valence-corrected chi connectivity index (χ4v) is 4.91. The number of fused-ring (bicyclic) bond motifs is 10. The zero-order valence-corrected chi connectivity index (χ0v) is 19.4. The maximum Gasteiger partial charge on any atom is 0.336 e. The van der Waals surface area contributed by atoms with Gasteiger partial charge in [0, 0.05) is 55.5 Å². The normalized spacial score (nSPS) is 19.6. The number of pyridine rings is 1. The smallest absolute Gasteiger partial charge is 0.336 e. The second kappa shape index (κ2) is 6.64. The molecule has 1 spiro atoms. The van der Waals surface area contributed by atoms with Crippen molar-refractivity contribution in [1.29, 1.82) is 0 Å². The Balaban J connectivity index is 0.00000196. The molecule has 0 amide bonds. The van der Waals surface area contributed by atoms with E-state index in [1.807, 2.05) is 54.6 Å². The molecular formula is C25H12N3O3Y-. The summed E-state index contributed by atoms with van der Waals surface area (Å²) < 4.78 is 5.90. The van der Waals surface area contributed by atoms with Gasteiger partial charge in [-0.15, -0.1) is 23.6 Å². The van der Waals surface area contributed by atoms with Crippen LogP contribution in [0.15, 0.2) is 77.9 Å². The zero-order valence-electron chi connectivity index (χ0n) is 16.6. The van der Waals surface area contributed by atoms with Crippen molar-refractivity contribution in [3.8, 4) is 5.75 Å². The number of para-hydroxylation sites is 2. The number of esters is 1. The number of nitrogens with zero attached hydrogens (tertiary/aromatic N) is 3. The van der Waals surface area contributed by atoms with Crippen LogP contribution in [0.2, 0.25) is 0 Å². The number of Topliss-reactive ketones (excluding diaryl/α,β-unsaturated/α-hetero) is 1. The van der Waals surface area contributed by atoms with E-state index in [1.54, 1.807) is 23.2 Å². The topological polar surface area (TPSA) is 71.9 Å². The SMILES string of the molecule is O=C1C2=Nc3ccccc3C3(C(=O)Oc4c3c[c-]c3cccnc43)N2c2ccccc21.[Y]. The predicted molar refractivity (Wildman–Crippen MR) is 114 cm³/mol. The molecule has 32 heavy (non-hydrogen) atoms. The van der Waals surface area contributed by atoms with Crippen molar-refractivity contribution in [2.75, 3.05) is 4.90 Å². The number of rotatable bonds is 0. The van der Waals surface area contributed by atoms with E-state index in [0.29, 0.717) is 39.3 Å². The van der Waals surface area contributed by atoms with Crippen molar-refractivity contribution in [3.63, 3.8) is 0 Å². The summed E-state index contributed by atoms with van der Waals surface area (Å²) in [5.74, 6) is -0.0925. The van der Waals surface area contributed by atoms with E-state index in [9.17, 15) is 9.59 Å². The second-order valence-electron chi connectivity index (χ2n) is 7.67. The van der Waals surface area contributed by atoms with Gasteiger partial charge in [-0.1, -0.05) is 36.4 Å². The van der Waals surface area contributed by atoms with Crippen molar-refractivity contribution in [1.82, 2.24) is 4.98 Å². The Labute approximate surface area is 207 Å². The minimum Gasteiger partial charge on any atom is -0.443 e. The average molecular weight is 491 g/mol. The summed E-state index contributed by atoms with van der Waals surface area (Å²) in [5, 5.41) is 0.752. The van der Waals surface area contributed by atoms with Gasteiger partial charge in [0.15, 0.2) is 11.4 Å². The maximum atomic E-state index is 13.8. The molecule has 3 aliphatic rings. The molecule has 4 heterocycles. The van der Waals surface area contributed by atoms with Crippen LogP contribution in [0.4, 0.5) is 11.4 Å². The van der Waals surface area contributed by atoms with Gasteiger partial charge in [0.2, 0.25) is 5.78 Å². The number of ketones is 1. The number of hydrogen-bond donors (Lipinski definition) is 0. The molecule has 3 aromatic carbocycles. The van der Waals surface area contributed by atoms with E-state index in [1.165, 1.54) is 0 Å². The quantitative estimate of drug-likeness (QED) is 0.212. The van der Waals surface area contributed by atoms with Crippen LogP contribution in [0.3, 0.4) is 0 Å². The van der Waals surface area contributed by atoms with Crippen molar-refractivity contribution in [2.45, 2.75) is 5.54 Å². The van der Waals surface area contributed by atoms with Crippen LogP contribution in [0.5, 0.6) is 5.75 Å². The van der Waals surface area contributed by atoms with Gasteiger partial charge in [-0.3, -0.25) is 4.79 Å². The number of amidine groups is 1. The second-order valence-corrected chi connectivity index (χ2v) is 7.67. The van der Waals surface area contributed by atoms with E-state index in [2.05, 4.69) is 16.0 Å². The van der Waals surface area contributed by atoms with Crippen LogP contribution in [-0.2, 0) is 43.0 Å². The summed E-state index contributed by atoms with van der Waals surface area (Å²) in [6.45, 7) is 0. The van der Waals surface area contributed by atoms with Crippen LogP contribution in [0.25, 0.3) is 10.9 Å². The van der Waals surface area contributed by atoms with Crippen molar-refractivity contribution < 1.29 is 47.0 Å². The van der Waals surface area contributed by atoms with Crippen molar-refractivity contribution >= 4 is 39.9 Å². The van der Waals surface area contributed by atoms with Gasteiger partial charge < -0.3 is 14.6 Å². The summed E-state index contributed by atoms with van der Waals surface area (Å²) in [7, 11) is 0. The van der Waals surface area contributed by atoms with E-state index < -0.39 is 11.5 Å². The molecule has 4 aromatic rings. The third-order valence-electron chi connectivity index (χ3n) is 6.18. The summed E-state index contributed by atoms with van der Waals surface area (Å²) in [5.41, 5.74) is 2.16. The van der Waals surface area contributed by atoms with E-state index >= 15 is 0 Å². The first kappa shape index (κ1) is 19.5. The zero-order chi connectivity index (χ0) is 20.7. The molecule has 0 bridgehead atoms. The molecule has 149 valence electrons. The van der Waals surface area contributed by atoms with Gasteiger partial charge in [0.1, 0.15) is 0 Å². The van der Waals surface area contributed by atoms with Crippen molar-refractivity contribution in [2.24, 2.45) is 4.99 Å². The molecule has 0 fully saturated rings. The minimum atomic E-state index is -1.38. The number of aliphatic imine (C=N–C) groups is 1. The Kier molecular flexibility index (Phi) is 4.04. The number of ether oxygens (including phenoxy) is 1. The molecule has 1 aromatic heterocycles. The third kappa shape index (κ3) is 2.16. The first-order valence-corrected chi connectivity index (χ1v) is 9.85. The van der Waals surface area contributed by atoms with Gasteiger partial charge in [-0.25, -0.2) is 9.79 Å². The van der Waals surface area contributed by atoms with E-state index in [0.717, 1.165) is 5.39 Å². The molecule has 1 unspecified atom stereocenters. The van der Waals surface area contributed by atoms with E-state index in [-0.39, 0.29) is 44.3 Å². The molecule has 1 radical (unpaired) electrons. The van der Waals surface area contributed by atoms with Gasteiger partial charge in [-0.05, 0) is 23.8 Å². The van der Waals surface area contributed by atoms with E-state index in [4.69, 9.17) is 4.74 Å². The number of carbonyl (C=O) groups excluding carboxylic acids is 2. The monoisotopic (exact) mass is 491 g/mol. The number of aromatic nitrogens is 1. The molecule has 1 atom stereocenters. The number of carbonyl (C=O) groups is 2. The Bertz CT molecular complexity index is 1530. The minimum absolute atomic E-state index is 0. The summed E-state index contributed by atoms with van der Waals surface area (Å²) in [6, 6.07) is 23.3. The fraction of sp³-hybridized carbons (Fsp3) is 0.0400. The molecule has 0 N–H and O–H groups in total. The molecular weight excluding hydrogens is 479 g/mol. The summed E-state index contributed by atoms with van der Waals surface area (Å²) in [4.78, 5) is 37.9. The van der Waals surface area contributed by atoms with Crippen LogP contribution < -0.4 is 9.64 Å². The molecule has 0 aliphatic carbocycles. The van der Waals surface area contributed by atoms with Gasteiger partial charge in [0.05, 0.1) is 17.1 Å². The average Bonchev–Trinajstić information content (AvgIpc) is 3.27. The van der Waals surface area contributed by atoms with Crippen molar-refractivity contribution in [3.05, 3.63) is 95.7 Å². The number of benzene rings is 3. The number of anilines is 1. The molecule has 3 aliphatic heterocycles. The standard InChI is InChI=1S/C25H12N3O3.Y/c29-21-15-7-1-4-10-19(15)28-23(21)27-18-9-3-2-8-16(18)25(28)17-12-11-14-6-5-13-26-20(14)22(17)31-24(25)30;/h1-10,12-13H;/q-1;. The van der Waals surface area contributed by atoms with Gasteiger partial charge in [0.25, 0.3) is 0 Å². The molecule has 7 heteroatoms. The maximum absolute atomic E-state index is 13.8. The summed E-state index contributed by atoms with van der Waals surface area (Å²) in [6.07, 6.45) is 1.66. The Hall–Kier alpha value is -3.22. The van der Waals surface area contributed by atoms with Crippen LogP contribution in [0, 0.1) is 6.07 Å². The Morgan fingerprint density at radius 3 is 2.66 bits per heavy atom. The molecule has 0 saturated heterocycles. The van der Waals surface area contributed by atoms with Crippen LogP contribution >= 0.6 is 0 Å². The largest absolute Gasteiger partial charge is 0.443 e. The van der Waals surface area contributed by atoms with Crippen LogP contribution in [-0.4, -0.2) is 22.6 Å². The van der Waals surface area contributed by atoms with Crippen LogP contribution in [0.1, 0.15) is 21.5 Å².